The van der Waals surface area contributed by atoms with Gasteiger partial charge in [0, 0.05) is 67.2 Å². The van der Waals surface area contributed by atoms with E-state index in [2.05, 4.69) is 31.2 Å². The van der Waals surface area contributed by atoms with Crippen LogP contribution < -0.4 is 30.7 Å². The normalized spacial score (nSPS) is 18.9. The van der Waals surface area contributed by atoms with Crippen molar-refractivity contribution in [2.24, 2.45) is 0 Å². The molecule has 4 N–H and O–H groups in total. The first-order valence-corrected chi connectivity index (χ1v) is 18.1. The molecule has 1 amide bonds. The van der Waals surface area contributed by atoms with Crippen LogP contribution in [0.4, 0.5) is 19.0 Å². The van der Waals surface area contributed by atoms with Crippen LogP contribution in [-0.4, -0.2) is 60.5 Å². The highest BCUT2D eigenvalue weighted by Crippen LogP contribution is 2.43. The Balaban J connectivity index is 1.13. The first kappa shape index (κ1) is 36.8. The zero-order valence-electron chi connectivity index (χ0n) is 29.4. The molecule has 1 aromatic carbocycles. The van der Waals surface area contributed by atoms with Gasteiger partial charge in [-0.05, 0) is 67.5 Å². The molecule has 0 unspecified atom stereocenters. The second-order valence-electron chi connectivity index (χ2n) is 13.4. The standard InChI is InChI=1S/C38H41ClF3N7O4/c1-51-36-23(19-44-24-11-14-53-15-12-24)17-29(39)34(48-36)21-10-13-43-31(18-21)27-5-3-4-26-25(27)6-7-30(26)46-35-28(38(40,41)42)16-22(37(49-35)52-2)20-45-32-8-9-33(50)47-32/h3-5,10,13,16-18,24,30,32,44-45H,6-9,11-12,14-15,19-20H2,1-2H3,(H,46,49)(H,47,50)/t30-,32+/m0/s1. The molecule has 280 valence electrons. The van der Waals surface area contributed by atoms with Gasteiger partial charge < -0.3 is 30.2 Å². The van der Waals surface area contributed by atoms with Crippen molar-refractivity contribution >= 4 is 23.3 Å². The Hall–Kier alpha value is -4.50. The van der Waals surface area contributed by atoms with E-state index >= 15 is 0 Å². The first-order chi connectivity index (χ1) is 25.6. The topological polar surface area (TPSA) is 132 Å². The largest absolute Gasteiger partial charge is 0.481 e. The molecule has 0 radical (unpaired) electrons. The number of benzene rings is 1. The summed E-state index contributed by atoms with van der Waals surface area (Å²) in [6, 6.07) is 12.4. The Morgan fingerprint density at radius 3 is 2.43 bits per heavy atom. The summed E-state index contributed by atoms with van der Waals surface area (Å²) in [6.45, 7) is 2.07. The van der Waals surface area contributed by atoms with E-state index in [1.54, 1.807) is 13.3 Å². The Morgan fingerprint density at radius 2 is 1.70 bits per heavy atom. The molecule has 53 heavy (non-hydrogen) atoms. The average Bonchev–Trinajstić information content (AvgIpc) is 3.78. The van der Waals surface area contributed by atoms with Crippen LogP contribution in [0.5, 0.6) is 11.8 Å². The van der Waals surface area contributed by atoms with Gasteiger partial charge in [0.2, 0.25) is 17.7 Å². The summed E-state index contributed by atoms with van der Waals surface area (Å²) in [7, 11) is 2.96. The number of nitrogens with one attached hydrogen (secondary N) is 4. The number of hydrogen-bond acceptors (Lipinski definition) is 10. The van der Waals surface area contributed by atoms with Gasteiger partial charge in [-0.2, -0.15) is 18.2 Å². The number of aromatic nitrogens is 3. The lowest BCUT2D eigenvalue weighted by Gasteiger charge is -2.23. The minimum atomic E-state index is -4.68. The van der Waals surface area contributed by atoms with Crippen molar-refractivity contribution in [1.29, 1.82) is 0 Å². The van der Waals surface area contributed by atoms with Gasteiger partial charge in [0.15, 0.2) is 0 Å². The average molecular weight is 752 g/mol. The lowest BCUT2D eigenvalue weighted by Crippen LogP contribution is -2.38. The fraction of sp³-hybridized carbons (Fsp3) is 0.421. The van der Waals surface area contributed by atoms with Crippen LogP contribution in [-0.2, 0) is 35.2 Å². The number of carbonyl (C=O) groups is 1. The Kier molecular flexibility index (Phi) is 11.0. The molecule has 2 fully saturated rings. The molecule has 3 aromatic heterocycles. The molecule has 15 heteroatoms. The maximum absolute atomic E-state index is 14.5. The van der Waals surface area contributed by atoms with Gasteiger partial charge in [0.1, 0.15) is 5.82 Å². The SMILES string of the molecule is COc1nc(N[C@H]2CCc3c(-c4cc(-c5nc(OC)c(CNC6CCOCC6)cc5Cl)ccn4)cccc32)c(C(F)(F)F)cc1CN[C@H]1CCC(=O)N1. The number of hydrogen-bond donors (Lipinski definition) is 4. The lowest BCUT2D eigenvalue weighted by molar-refractivity contribution is -0.137. The highest BCUT2D eigenvalue weighted by molar-refractivity contribution is 6.33. The molecule has 1 aliphatic carbocycles. The molecule has 0 saturated carbocycles. The quantitative estimate of drug-likeness (QED) is 0.126. The van der Waals surface area contributed by atoms with Crippen molar-refractivity contribution in [2.45, 2.75) is 76.0 Å². The van der Waals surface area contributed by atoms with E-state index in [4.69, 9.17) is 30.8 Å². The maximum atomic E-state index is 14.5. The number of amides is 1. The third-order valence-electron chi connectivity index (χ3n) is 10.00. The maximum Gasteiger partial charge on any atom is 0.419 e. The number of pyridine rings is 3. The Morgan fingerprint density at radius 1 is 0.943 bits per heavy atom. The van der Waals surface area contributed by atoms with Gasteiger partial charge in [0.05, 0.1) is 48.4 Å². The van der Waals surface area contributed by atoms with Crippen LogP contribution in [0.1, 0.15) is 66.0 Å². The van der Waals surface area contributed by atoms with Crippen LogP contribution in [0.15, 0.2) is 48.7 Å². The second kappa shape index (κ2) is 15.8. The highest BCUT2D eigenvalue weighted by Gasteiger charge is 2.37. The third kappa shape index (κ3) is 8.20. The van der Waals surface area contributed by atoms with Crippen molar-refractivity contribution in [3.63, 3.8) is 0 Å². The molecular formula is C38H41ClF3N7O4. The van der Waals surface area contributed by atoms with Gasteiger partial charge in [-0.3, -0.25) is 15.1 Å². The monoisotopic (exact) mass is 751 g/mol. The van der Waals surface area contributed by atoms with Crippen molar-refractivity contribution in [3.05, 3.63) is 81.5 Å². The minimum Gasteiger partial charge on any atom is -0.481 e. The number of fused-ring (bicyclic) bond motifs is 1. The molecule has 0 bridgehead atoms. The van der Waals surface area contributed by atoms with E-state index < -0.39 is 17.8 Å². The number of rotatable bonds is 12. The Bertz CT molecular complexity index is 1980. The molecule has 7 rings (SSSR count). The minimum absolute atomic E-state index is 0.0393. The van der Waals surface area contributed by atoms with Crippen LogP contribution in [0.25, 0.3) is 22.5 Å². The number of methoxy groups -OCH3 is 2. The summed E-state index contributed by atoms with van der Waals surface area (Å²) >= 11 is 6.82. The summed E-state index contributed by atoms with van der Waals surface area (Å²) in [5.41, 5.74) is 4.92. The molecule has 2 aliphatic heterocycles. The third-order valence-corrected chi connectivity index (χ3v) is 10.3. The van der Waals surface area contributed by atoms with Crippen molar-refractivity contribution < 1.29 is 32.2 Å². The number of halogens is 4. The predicted molar refractivity (Wildman–Crippen MR) is 194 cm³/mol. The van der Waals surface area contributed by atoms with E-state index in [0.29, 0.717) is 60.6 Å². The predicted octanol–water partition coefficient (Wildman–Crippen LogP) is 6.59. The van der Waals surface area contributed by atoms with Crippen LogP contribution in [0.2, 0.25) is 5.02 Å². The smallest absolute Gasteiger partial charge is 0.419 e. The van der Waals surface area contributed by atoms with Gasteiger partial charge in [-0.1, -0.05) is 29.8 Å². The van der Waals surface area contributed by atoms with Crippen molar-refractivity contribution in [2.75, 3.05) is 32.8 Å². The Labute approximate surface area is 310 Å². The molecule has 3 aliphatic rings. The number of anilines is 1. The molecular weight excluding hydrogens is 711 g/mol. The molecule has 5 heterocycles. The van der Waals surface area contributed by atoms with E-state index in [1.807, 2.05) is 36.4 Å². The first-order valence-electron chi connectivity index (χ1n) is 17.7. The van der Waals surface area contributed by atoms with Crippen molar-refractivity contribution in [3.8, 4) is 34.3 Å². The molecule has 11 nitrogen and oxygen atoms in total. The van der Waals surface area contributed by atoms with Gasteiger partial charge in [0.25, 0.3) is 0 Å². The number of alkyl halides is 3. The summed E-state index contributed by atoms with van der Waals surface area (Å²) in [5.74, 6) is 0.134. The molecule has 2 saturated heterocycles. The van der Waals surface area contributed by atoms with Gasteiger partial charge in [-0.25, -0.2) is 4.98 Å². The molecule has 4 aromatic rings. The molecule has 0 spiro atoms. The summed E-state index contributed by atoms with van der Waals surface area (Å²) in [6.07, 6.45) is 0.644. The van der Waals surface area contributed by atoms with Crippen LogP contribution in [0, 0.1) is 0 Å². The summed E-state index contributed by atoms with van der Waals surface area (Å²) in [4.78, 5) is 25.4. The van der Waals surface area contributed by atoms with Crippen molar-refractivity contribution in [1.82, 2.24) is 30.9 Å². The highest BCUT2D eigenvalue weighted by atomic mass is 35.5. The number of carbonyl (C=O) groups excluding carboxylic acids is 1. The second-order valence-corrected chi connectivity index (χ2v) is 13.8. The van der Waals surface area contributed by atoms with Gasteiger partial charge in [-0.15, -0.1) is 0 Å². The summed E-state index contributed by atoms with van der Waals surface area (Å²) < 4.78 is 60.0. The van der Waals surface area contributed by atoms with E-state index in [9.17, 15) is 18.0 Å². The molecule has 2 atom stereocenters. The van der Waals surface area contributed by atoms with Crippen LogP contribution >= 0.6 is 11.6 Å². The van der Waals surface area contributed by atoms with E-state index in [1.165, 1.54) is 7.11 Å². The van der Waals surface area contributed by atoms with E-state index in [0.717, 1.165) is 59.9 Å². The fourth-order valence-electron chi connectivity index (χ4n) is 7.27. The number of nitrogens with zero attached hydrogens (tertiary/aromatic N) is 3. The van der Waals surface area contributed by atoms with Gasteiger partial charge >= 0.3 is 6.18 Å². The fourth-order valence-corrected chi connectivity index (χ4v) is 7.56. The summed E-state index contributed by atoms with van der Waals surface area (Å²) in [5, 5.41) is 13.0. The zero-order chi connectivity index (χ0) is 37.1. The lowest BCUT2D eigenvalue weighted by atomic mass is 9.98. The number of ether oxygens (including phenoxy) is 3. The zero-order valence-corrected chi connectivity index (χ0v) is 30.2. The van der Waals surface area contributed by atoms with E-state index in [-0.39, 0.29) is 35.9 Å². The van der Waals surface area contributed by atoms with Crippen LogP contribution in [0.3, 0.4) is 0 Å².